The summed E-state index contributed by atoms with van der Waals surface area (Å²) in [6.45, 7) is 2.81. The first-order chi connectivity index (χ1) is 16.0. The molecule has 0 spiro atoms. The van der Waals surface area contributed by atoms with Crippen molar-refractivity contribution < 1.29 is 4.79 Å². The smallest absolute Gasteiger partial charge is 0.261 e. The number of Topliss-reactive ketones (excluding diaryl/α,β-unsaturated/α-hetero) is 1. The van der Waals surface area contributed by atoms with E-state index in [2.05, 4.69) is 10.2 Å². The van der Waals surface area contributed by atoms with Crippen LogP contribution in [0.1, 0.15) is 22.8 Å². The number of aromatic nitrogens is 4. The summed E-state index contributed by atoms with van der Waals surface area (Å²) in [5.74, 6) is 0.708. The number of ketones is 1. The molecule has 0 radical (unpaired) electrons. The maximum Gasteiger partial charge on any atom is 0.261 e. The first-order valence-electron chi connectivity index (χ1n) is 10.3. The lowest BCUT2D eigenvalue weighted by Gasteiger charge is -2.11. The van der Waals surface area contributed by atoms with Gasteiger partial charge in [0.25, 0.3) is 5.56 Å². The van der Waals surface area contributed by atoms with Gasteiger partial charge in [0.05, 0.1) is 17.9 Å². The van der Waals surface area contributed by atoms with E-state index in [-0.39, 0.29) is 17.1 Å². The zero-order valence-corrected chi connectivity index (χ0v) is 20.1. The number of pyridine rings is 1. The summed E-state index contributed by atoms with van der Waals surface area (Å²) in [4.78, 5) is 25.7. The molecule has 9 heteroatoms. The SMILES string of the molecule is CCn1c(SCC(=O)c2ccccc2)nnc1-c1cccn(Cc2ccc(Cl)cc2Cl)c1=O. The van der Waals surface area contributed by atoms with Gasteiger partial charge in [0.15, 0.2) is 16.8 Å². The highest BCUT2D eigenvalue weighted by Crippen LogP contribution is 2.24. The highest BCUT2D eigenvalue weighted by Gasteiger charge is 2.18. The largest absolute Gasteiger partial charge is 0.310 e. The minimum absolute atomic E-state index is 0.00899. The Balaban J connectivity index is 1.59. The van der Waals surface area contributed by atoms with E-state index in [9.17, 15) is 9.59 Å². The summed E-state index contributed by atoms with van der Waals surface area (Å²) in [6.07, 6.45) is 1.71. The molecule has 0 atom stereocenters. The van der Waals surface area contributed by atoms with Crippen molar-refractivity contribution in [2.45, 2.75) is 25.2 Å². The molecule has 2 heterocycles. The van der Waals surface area contributed by atoms with Gasteiger partial charge in [-0.3, -0.25) is 9.59 Å². The van der Waals surface area contributed by atoms with Gasteiger partial charge in [0.1, 0.15) is 0 Å². The minimum Gasteiger partial charge on any atom is -0.310 e. The second-order valence-electron chi connectivity index (χ2n) is 7.22. The molecule has 2 aromatic carbocycles. The lowest BCUT2D eigenvalue weighted by molar-refractivity contribution is 0.102. The highest BCUT2D eigenvalue weighted by molar-refractivity contribution is 7.99. The van der Waals surface area contributed by atoms with E-state index in [1.807, 2.05) is 29.7 Å². The Morgan fingerprint density at radius 3 is 2.55 bits per heavy atom. The number of hydrogen-bond acceptors (Lipinski definition) is 5. The second kappa shape index (κ2) is 10.4. The van der Waals surface area contributed by atoms with Crippen molar-refractivity contribution >= 4 is 40.7 Å². The fourth-order valence-corrected chi connectivity index (χ4v) is 4.75. The third kappa shape index (κ3) is 5.21. The van der Waals surface area contributed by atoms with Crippen LogP contribution in [0.5, 0.6) is 0 Å². The number of carbonyl (C=O) groups excluding carboxylic acids is 1. The lowest BCUT2D eigenvalue weighted by Crippen LogP contribution is -2.22. The van der Waals surface area contributed by atoms with Gasteiger partial charge in [-0.1, -0.05) is 71.4 Å². The van der Waals surface area contributed by atoms with Crippen molar-refractivity contribution in [2.24, 2.45) is 0 Å². The second-order valence-corrected chi connectivity index (χ2v) is 9.01. The molecule has 0 saturated carbocycles. The summed E-state index contributed by atoms with van der Waals surface area (Å²) in [5.41, 5.74) is 1.66. The number of benzene rings is 2. The Morgan fingerprint density at radius 2 is 1.82 bits per heavy atom. The molecular formula is C24H20Cl2N4O2S. The number of carbonyl (C=O) groups is 1. The molecule has 0 aliphatic carbocycles. The Labute approximate surface area is 205 Å². The van der Waals surface area contributed by atoms with Gasteiger partial charge >= 0.3 is 0 Å². The van der Waals surface area contributed by atoms with Crippen LogP contribution in [0.2, 0.25) is 10.0 Å². The summed E-state index contributed by atoms with van der Waals surface area (Å²) >= 11 is 13.6. The van der Waals surface area contributed by atoms with Crippen molar-refractivity contribution in [3.05, 3.63) is 98.4 Å². The zero-order chi connectivity index (χ0) is 23.4. The van der Waals surface area contributed by atoms with E-state index in [1.165, 1.54) is 11.8 Å². The summed E-state index contributed by atoms with van der Waals surface area (Å²) in [5, 5.41) is 10.1. The Morgan fingerprint density at radius 1 is 1.03 bits per heavy atom. The van der Waals surface area contributed by atoms with Crippen LogP contribution in [0, 0.1) is 0 Å². The van der Waals surface area contributed by atoms with Crippen molar-refractivity contribution in [1.29, 1.82) is 0 Å². The molecule has 0 saturated heterocycles. The molecule has 0 aliphatic rings. The van der Waals surface area contributed by atoms with Gasteiger partial charge in [-0.2, -0.15) is 0 Å². The third-order valence-corrected chi connectivity index (χ3v) is 6.63. The minimum atomic E-state index is -0.206. The van der Waals surface area contributed by atoms with E-state index in [1.54, 1.807) is 53.2 Å². The Hall–Kier alpha value is -2.87. The molecule has 4 aromatic rings. The third-order valence-electron chi connectivity index (χ3n) is 5.08. The average Bonchev–Trinajstić information content (AvgIpc) is 3.23. The Bertz CT molecular complexity index is 1350. The topological polar surface area (TPSA) is 69.8 Å². The number of halogens is 2. The molecular weight excluding hydrogens is 479 g/mol. The van der Waals surface area contributed by atoms with Crippen molar-refractivity contribution in [1.82, 2.24) is 19.3 Å². The standard InChI is InChI=1S/C24H20Cl2N4O2S/c1-2-30-22(27-28-24(30)33-15-21(31)16-7-4-3-5-8-16)19-9-6-12-29(23(19)32)14-17-10-11-18(25)13-20(17)26/h3-13H,2,14-15H2,1H3. The number of thioether (sulfide) groups is 1. The molecule has 0 N–H and O–H groups in total. The first-order valence-corrected chi connectivity index (χ1v) is 12.0. The van der Waals surface area contributed by atoms with E-state index >= 15 is 0 Å². The van der Waals surface area contributed by atoms with Gasteiger partial charge in [0, 0.05) is 28.4 Å². The molecule has 168 valence electrons. The quantitative estimate of drug-likeness (QED) is 0.238. The van der Waals surface area contributed by atoms with E-state index in [4.69, 9.17) is 23.2 Å². The van der Waals surface area contributed by atoms with Crippen LogP contribution in [-0.4, -0.2) is 30.9 Å². The van der Waals surface area contributed by atoms with Crippen LogP contribution in [0.15, 0.2) is 76.8 Å². The summed E-state index contributed by atoms with van der Waals surface area (Å²) in [7, 11) is 0. The van der Waals surface area contributed by atoms with Crippen molar-refractivity contribution in [3.8, 4) is 11.4 Å². The fraction of sp³-hybridized carbons (Fsp3) is 0.167. The number of hydrogen-bond donors (Lipinski definition) is 0. The van der Waals surface area contributed by atoms with Crippen LogP contribution in [0.4, 0.5) is 0 Å². The monoisotopic (exact) mass is 498 g/mol. The molecule has 0 fully saturated rings. The molecule has 0 bridgehead atoms. The fourth-order valence-electron chi connectivity index (χ4n) is 3.38. The molecule has 4 rings (SSSR count). The predicted octanol–water partition coefficient (Wildman–Crippen LogP) is 5.46. The van der Waals surface area contributed by atoms with Crippen LogP contribution < -0.4 is 5.56 Å². The molecule has 0 amide bonds. The molecule has 33 heavy (non-hydrogen) atoms. The highest BCUT2D eigenvalue weighted by atomic mass is 35.5. The Kier molecular flexibility index (Phi) is 7.33. The van der Waals surface area contributed by atoms with Gasteiger partial charge in [0.2, 0.25) is 0 Å². The van der Waals surface area contributed by atoms with Crippen molar-refractivity contribution in [3.63, 3.8) is 0 Å². The average molecular weight is 499 g/mol. The maximum absolute atomic E-state index is 13.2. The number of nitrogens with zero attached hydrogens (tertiary/aromatic N) is 4. The summed E-state index contributed by atoms with van der Waals surface area (Å²) < 4.78 is 3.42. The van der Waals surface area contributed by atoms with E-state index in [0.29, 0.717) is 45.2 Å². The normalized spacial score (nSPS) is 11.0. The molecule has 0 aliphatic heterocycles. The summed E-state index contributed by atoms with van der Waals surface area (Å²) in [6, 6.07) is 17.8. The van der Waals surface area contributed by atoms with Crippen LogP contribution in [0.3, 0.4) is 0 Å². The van der Waals surface area contributed by atoms with Crippen LogP contribution in [0.25, 0.3) is 11.4 Å². The van der Waals surface area contributed by atoms with Gasteiger partial charge < -0.3 is 9.13 Å². The lowest BCUT2D eigenvalue weighted by atomic mass is 10.2. The maximum atomic E-state index is 13.2. The van der Waals surface area contributed by atoms with Gasteiger partial charge in [-0.25, -0.2) is 0 Å². The molecule has 2 aromatic heterocycles. The van der Waals surface area contributed by atoms with Gasteiger partial charge in [-0.05, 0) is 36.8 Å². The van der Waals surface area contributed by atoms with Crippen LogP contribution in [-0.2, 0) is 13.1 Å². The predicted molar refractivity (Wildman–Crippen MR) is 132 cm³/mol. The number of rotatable bonds is 8. The van der Waals surface area contributed by atoms with E-state index in [0.717, 1.165) is 5.56 Å². The van der Waals surface area contributed by atoms with Crippen molar-refractivity contribution in [2.75, 3.05) is 5.75 Å². The van der Waals surface area contributed by atoms with E-state index < -0.39 is 0 Å². The molecule has 0 unspecified atom stereocenters. The van der Waals surface area contributed by atoms with Gasteiger partial charge in [-0.15, -0.1) is 10.2 Å². The van der Waals surface area contributed by atoms with Crippen LogP contribution >= 0.6 is 35.0 Å². The molecule has 6 nitrogen and oxygen atoms in total. The first kappa shape index (κ1) is 23.3. The zero-order valence-electron chi connectivity index (χ0n) is 17.7.